The van der Waals surface area contributed by atoms with Gasteiger partial charge in [0.25, 0.3) is 0 Å². The molecule has 1 fully saturated rings. The van der Waals surface area contributed by atoms with Gasteiger partial charge < -0.3 is 24.5 Å². The van der Waals surface area contributed by atoms with Crippen LogP contribution in [0.25, 0.3) is 17.0 Å². The molecule has 0 aliphatic carbocycles. The highest BCUT2D eigenvalue weighted by molar-refractivity contribution is 7.88. The number of nitrogens with zero attached hydrogens (tertiary/aromatic N) is 2. The minimum absolute atomic E-state index is 0.132. The Morgan fingerprint density at radius 2 is 1.91 bits per heavy atom. The van der Waals surface area contributed by atoms with Crippen LogP contribution in [0.2, 0.25) is 0 Å². The highest BCUT2D eigenvalue weighted by Crippen LogP contribution is 2.33. The summed E-state index contributed by atoms with van der Waals surface area (Å²) in [6, 6.07) is 14.9. The number of piperazine rings is 1. The third-order valence-corrected chi connectivity index (χ3v) is 7.61. The SMILES string of the molecule is O=c1ccc2ccc(OCCCC[N+]3([O-])CCN(c4cccc5c4C=CS5=O)CC3)cc2[nH]1. The van der Waals surface area contributed by atoms with Gasteiger partial charge in [-0.05, 0) is 48.2 Å². The molecule has 2 aliphatic heterocycles. The van der Waals surface area contributed by atoms with E-state index < -0.39 is 10.8 Å². The average Bonchev–Trinajstić information content (AvgIpc) is 3.20. The Bertz CT molecular complexity index is 1280. The van der Waals surface area contributed by atoms with Gasteiger partial charge in [0.1, 0.15) is 5.75 Å². The molecule has 1 N–H and O–H groups in total. The van der Waals surface area contributed by atoms with Crippen LogP contribution in [0.4, 0.5) is 5.69 Å². The number of aromatic nitrogens is 1. The zero-order chi connectivity index (χ0) is 22.8. The lowest BCUT2D eigenvalue weighted by molar-refractivity contribution is -0.881. The van der Waals surface area contributed by atoms with Crippen molar-refractivity contribution in [1.82, 2.24) is 4.98 Å². The standard InChI is InChI=1S/C25H27N3O4S/c29-25-9-7-19-6-8-20(18-22(19)26-25)32-16-2-1-13-28(30)14-11-27(12-15-28)23-4-3-5-24-21(23)10-17-33(24)31/h3-10,17-18H,1-2,11-16H2,(H,26,29). The predicted molar refractivity (Wildman–Crippen MR) is 132 cm³/mol. The number of ether oxygens (including phenoxy) is 1. The second kappa shape index (κ2) is 9.13. The van der Waals surface area contributed by atoms with Crippen molar-refractivity contribution >= 4 is 33.5 Å². The summed E-state index contributed by atoms with van der Waals surface area (Å²) in [4.78, 5) is 17.4. The van der Waals surface area contributed by atoms with Crippen molar-refractivity contribution in [3.63, 3.8) is 0 Å². The number of hydrogen-bond acceptors (Lipinski definition) is 5. The first-order chi connectivity index (χ1) is 16.0. The van der Waals surface area contributed by atoms with Crippen LogP contribution in [0.1, 0.15) is 18.4 Å². The van der Waals surface area contributed by atoms with E-state index >= 15 is 0 Å². The van der Waals surface area contributed by atoms with Crippen LogP contribution < -0.4 is 15.2 Å². The predicted octanol–water partition coefficient (Wildman–Crippen LogP) is 3.61. The van der Waals surface area contributed by atoms with Gasteiger partial charge in [0.15, 0.2) is 0 Å². The molecule has 8 heteroatoms. The van der Waals surface area contributed by atoms with Gasteiger partial charge >= 0.3 is 0 Å². The summed E-state index contributed by atoms with van der Waals surface area (Å²) in [5.74, 6) is 0.717. The fourth-order valence-corrected chi connectivity index (χ4v) is 5.57. The van der Waals surface area contributed by atoms with Crippen LogP contribution in [-0.4, -0.2) is 53.2 Å². The number of aromatic amines is 1. The lowest BCUT2D eigenvalue weighted by atomic mass is 10.1. The highest BCUT2D eigenvalue weighted by atomic mass is 32.2. The lowest BCUT2D eigenvalue weighted by Gasteiger charge is -2.49. The Kier molecular flexibility index (Phi) is 6.05. The van der Waals surface area contributed by atoms with E-state index in [9.17, 15) is 14.2 Å². The molecule has 2 aliphatic rings. The Labute approximate surface area is 194 Å². The van der Waals surface area contributed by atoms with Gasteiger partial charge in [-0.25, -0.2) is 4.21 Å². The Balaban J connectivity index is 1.09. The number of benzene rings is 2. The van der Waals surface area contributed by atoms with Crippen LogP contribution in [0.5, 0.6) is 5.75 Å². The van der Waals surface area contributed by atoms with E-state index in [0.717, 1.165) is 39.9 Å². The lowest BCUT2D eigenvalue weighted by Crippen LogP contribution is -2.56. The normalized spacial score (nSPS) is 19.1. The monoisotopic (exact) mass is 465 g/mol. The van der Waals surface area contributed by atoms with E-state index in [1.54, 1.807) is 11.5 Å². The Morgan fingerprint density at radius 1 is 1.09 bits per heavy atom. The highest BCUT2D eigenvalue weighted by Gasteiger charge is 2.27. The fraction of sp³-hybridized carbons (Fsp3) is 0.320. The quantitative estimate of drug-likeness (QED) is 0.327. The summed E-state index contributed by atoms with van der Waals surface area (Å²) in [5.41, 5.74) is 2.72. The molecule has 0 saturated carbocycles. The number of pyridine rings is 1. The van der Waals surface area contributed by atoms with Gasteiger partial charge in [0, 0.05) is 35.2 Å². The molecule has 1 unspecified atom stereocenters. The summed E-state index contributed by atoms with van der Waals surface area (Å²) in [5, 5.41) is 15.9. The molecule has 33 heavy (non-hydrogen) atoms. The first-order valence-corrected chi connectivity index (χ1v) is 12.5. The molecule has 7 nitrogen and oxygen atoms in total. The second-order valence-electron chi connectivity index (χ2n) is 8.63. The molecule has 1 aromatic heterocycles. The van der Waals surface area contributed by atoms with Gasteiger partial charge in [-0.15, -0.1) is 0 Å². The minimum atomic E-state index is -1.06. The summed E-state index contributed by atoms with van der Waals surface area (Å²) in [6.45, 7) is 3.62. The number of H-pyrrole nitrogens is 1. The minimum Gasteiger partial charge on any atom is -0.633 e. The van der Waals surface area contributed by atoms with E-state index in [0.29, 0.717) is 45.1 Å². The van der Waals surface area contributed by atoms with Crippen LogP contribution in [0.15, 0.2) is 63.6 Å². The number of fused-ring (bicyclic) bond motifs is 2. The molecule has 0 radical (unpaired) electrons. The Hall–Kier alpha value is -2.94. The number of hydroxylamine groups is 3. The number of unbranched alkanes of at least 4 members (excludes halogenated alkanes) is 1. The zero-order valence-electron chi connectivity index (χ0n) is 18.4. The molecule has 0 bridgehead atoms. The maximum absolute atomic E-state index is 13.2. The summed E-state index contributed by atoms with van der Waals surface area (Å²) < 4.78 is 17.7. The maximum atomic E-state index is 13.2. The molecule has 0 spiro atoms. The van der Waals surface area contributed by atoms with Crippen molar-refractivity contribution in [3.05, 3.63) is 75.1 Å². The van der Waals surface area contributed by atoms with Gasteiger partial charge in [0.05, 0.1) is 60.5 Å². The van der Waals surface area contributed by atoms with Crippen molar-refractivity contribution in [2.45, 2.75) is 17.7 Å². The number of anilines is 1. The van der Waals surface area contributed by atoms with Crippen molar-refractivity contribution in [2.24, 2.45) is 0 Å². The molecular formula is C25H27N3O4S. The molecular weight excluding hydrogens is 438 g/mol. The number of rotatable bonds is 7. The maximum Gasteiger partial charge on any atom is 0.248 e. The van der Waals surface area contributed by atoms with Gasteiger partial charge in [-0.2, -0.15) is 0 Å². The molecule has 3 heterocycles. The van der Waals surface area contributed by atoms with Crippen LogP contribution in [0.3, 0.4) is 0 Å². The molecule has 0 amide bonds. The van der Waals surface area contributed by atoms with E-state index in [2.05, 4.69) is 16.0 Å². The van der Waals surface area contributed by atoms with E-state index in [1.165, 1.54) is 6.07 Å². The van der Waals surface area contributed by atoms with Crippen LogP contribution in [-0.2, 0) is 10.8 Å². The first kappa shape index (κ1) is 21.9. The third kappa shape index (κ3) is 4.73. The average molecular weight is 466 g/mol. The second-order valence-corrected chi connectivity index (χ2v) is 9.94. The van der Waals surface area contributed by atoms with Crippen molar-refractivity contribution in [3.8, 4) is 5.75 Å². The third-order valence-electron chi connectivity index (χ3n) is 6.44. The van der Waals surface area contributed by atoms with Crippen LogP contribution >= 0.6 is 0 Å². The molecule has 2 aromatic carbocycles. The molecule has 5 rings (SSSR count). The summed E-state index contributed by atoms with van der Waals surface area (Å²) in [6.07, 6.45) is 3.54. The summed E-state index contributed by atoms with van der Waals surface area (Å²) >= 11 is 0. The molecule has 3 aromatic rings. The molecule has 1 saturated heterocycles. The van der Waals surface area contributed by atoms with Crippen molar-refractivity contribution in [1.29, 1.82) is 0 Å². The summed E-state index contributed by atoms with van der Waals surface area (Å²) in [7, 11) is -1.06. The molecule has 1 atom stereocenters. The topological polar surface area (TPSA) is 85.5 Å². The van der Waals surface area contributed by atoms with Gasteiger partial charge in [-0.3, -0.25) is 4.79 Å². The van der Waals surface area contributed by atoms with E-state index in [1.807, 2.05) is 36.4 Å². The fourth-order valence-electron chi connectivity index (χ4n) is 4.56. The first-order valence-electron chi connectivity index (χ1n) is 11.3. The number of nitrogens with one attached hydrogen (secondary N) is 1. The van der Waals surface area contributed by atoms with Gasteiger partial charge in [-0.1, -0.05) is 6.07 Å². The zero-order valence-corrected chi connectivity index (χ0v) is 19.2. The van der Waals surface area contributed by atoms with Crippen molar-refractivity contribution in [2.75, 3.05) is 44.2 Å². The van der Waals surface area contributed by atoms with Gasteiger partial charge in [0.2, 0.25) is 5.56 Å². The van der Waals surface area contributed by atoms with Crippen molar-refractivity contribution < 1.29 is 13.6 Å². The van der Waals surface area contributed by atoms with Crippen LogP contribution in [0, 0.1) is 5.21 Å². The smallest absolute Gasteiger partial charge is 0.248 e. The number of quaternary nitrogens is 1. The molecule has 172 valence electrons. The van der Waals surface area contributed by atoms with E-state index in [4.69, 9.17) is 4.74 Å². The largest absolute Gasteiger partial charge is 0.633 e. The van der Waals surface area contributed by atoms with E-state index in [-0.39, 0.29) is 10.2 Å². The number of hydrogen-bond donors (Lipinski definition) is 1. The Morgan fingerprint density at radius 3 is 2.76 bits per heavy atom.